The van der Waals surface area contributed by atoms with Gasteiger partial charge in [-0.15, -0.1) is 0 Å². The van der Waals surface area contributed by atoms with E-state index in [2.05, 4.69) is 9.47 Å². The lowest BCUT2D eigenvalue weighted by Gasteiger charge is -2.04. The van der Waals surface area contributed by atoms with Crippen LogP contribution < -0.4 is 0 Å². The van der Waals surface area contributed by atoms with Crippen molar-refractivity contribution in [2.24, 2.45) is 0 Å². The maximum Gasteiger partial charge on any atom is 0.417 e. The zero-order valence-electron chi connectivity index (χ0n) is 5.01. The molecule has 0 bridgehead atoms. The molecule has 0 heterocycles. The molecule has 1 radical (unpaired) electrons. The molecule has 0 aliphatic heterocycles. The van der Waals surface area contributed by atoms with Crippen molar-refractivity contribution >= 4 is 6.47 Å². The molecule has 0 spiro atoms. The largest absolute Gasteiger partial charge is 0.452 e. The first kappa shape index (κ1) is 7.43. The minimum Gasteiger partial charge on any atom is -0.452 e. The Morgan fingerprint density at radius 1 is 1.75 bits per heavy atom. The predicted molar refractivity (Wildman–Crippen MR) is 28.1 cm³/mol. The quantitative estimate of drug-likeness (QED) is 0.524. The van der Waals surface area contributed by atoms with Gasteiger partial charge < -0.3 is 9.47 Å². The molecule has 3 nitrogen and oxygen atoms in total. The fraction of sp³-hybridized carbons (Fsp3) is 0.800. The van der Waals surface area contributed by atoms with Gasteiger partial charge in [0.1, 0.15) is 6.10 Å². The van der Waals surface area contributed by atoms with Gasteiger partial charge in [0.05, 0.1) is 6.61 Å². The third-order valence-electron chi connectivity index (χ3n) is 0.651. The molecular weight excluding hydrogens is 108 g/mol. The second kappa shape index (κ2) is 4.59. The van der Waals surface area contributed by atoms with Crippen LogP contribution in [0, 0.1) is 0 Å². The number of methoxy groups -OCH3 is 1. The fourth-order valence-corrected chi connectivity index (χ4v) is 0.351. The second-order valence-corrected chi connectivity index (χ2v) is 1.47. The smallest absolute Gasteiger partial charge is 0.417 e. The van der Waals surface area contributed by atoms with Crippen LogP contribution in [0.25, 0.3) is 0 Å². The Labute approximate surface area is 48.6 Å². The predicted octanol–water partition coefficient (Wildman–Crippen LogP) is 0.105. The average Bonchev–Trinajstić information content (AvgIpc) is 1.68. The molecule has 8 heavy (non-hydrogen) atoms. The molecule has 0 aliphatic rings. The lowest BCUT2D eigenvalue weighted by Crippen LogP contribution is -2.13. The van der Waals surface area contributed by atoms with Gasteiger partial charge in [-0.05, 0) is 6.92 Å². The van der Waals surface area contributed by atoms with Crippen LogP contribution in [-0.2, 0) is 14.3 Å². The van der Waals surface area contributed by atoms with E-state index in [9.17, 15) is 4.79 Å². The van der Waals surface area contributed by atoms with Gasteiger partial charge in [-0.2, -0.15) is 0 Å². The van der Waals surface area contributed by atoms with Crippen molar-refractivity contribution in [3.8, 4) is 0 Å². The average molecular weight is 117 g/mol. The van der Waals surface area contributed by atoms with Crippen LogP contribution in [0.15, 0.2) is 0 Å². The summed E-state index contributed by atoms with van der Waals surface area (Å²) in [4.78, 5) is 9.49. The zero-order valence-corrected chi connectivity index (χ0v) is 5.01. The minimum atomic E-state index is -0.183. The Hall–Kier alpha value is -0.570. The number of hydrogen-bond acceptors (Lipinski definition) is 3. The van der Waals surface area contributed by atoms with E-state index in [4.69, 9.17) is 0 Å². The van der Waals surface area contributed by atoms with E-state index in [0.717, 1.165) is 0 Å². The first-order chi connectivity index (χ1) is 3.81. The molecule has 0 rings (SSSR count). The monoisotopic (exact) mass is 117 g/mol. The van der Waals surface area contributed by atoms with E-state index in [-0.39, 0.29) is 6.10 Å². The third-order valence-corrected chi connectivity index (χ3v) is 0.651. The van der Waals surface area contributed by atoms with Crippen molar-refractivity contribution in [1.82, 2.24) is 0 Å². The lowest BCUT2D eigenvalue weighted by molar-refractivity contribution is 0.0816. The highest BCUT2D eigenvalue weighted by molar-refractivity contribution is 5.38. The van der Waals surface area contributed by atoms with Gasteiger partial charge in [0, 0.05) is 7.11 Å². The Morgan fingerprint density at radius 3 is 2.75 bits per heavy atom. The Morgan fingerprint density at radius 2 is 2.38 bits per heavy atom. The highest BCUT2D eigenvalue weighted by Gasteiger charge is 1.97. The molecule has 0 aromatic heterocycles. The van der Waals surface area contributed by atoms with E-state index in [1.54, 1.807) is 14.0 Å². The molecule has 0 saturated heterocycles. The Bertz CT molecular complexity index is 62.7. The molecule has 0 fully saturated rings. The van der Waals surface area contributed by atoms with Gasteiger partial charge in [0.25, 0.3) is 0 Å². The molecule has 0 aromatic rings. The fourth-order valence-electron chi connectivity index (χ4n) is 0.351. The molecule has 0 amide bonds. The summed E-state index contributed by atoms with van der Waals surface area (Å²) in [7, 11) is 1.55. The zero-order chi connectivity index (χ0) is 6.41. The van der Waals surface area contributed by atoms with Gasteiger partial charge in [0.2, 0.25) is 0 Å². The van der Waals surface area contributed by atoms with Crippen molar-refractivity contribution in [2.75, 3.05) is 13.7 Å². The van der Waals surface area contributed by atoms with Crippen LogP contribution in [0.1, 0.15) is 6.92 Å². The van der Waals surface area contributed by atoms with E-state index in [0.29, 0.717) is 6.61 Å². The van der Waals surface area contributed by atoms with Crippen LogP contribution in [0.2, 0.25) is 0 Å². The van der Waals surface area contributed by atoms with Crippen molar-refractivity contribution in [3.05, 3.63) is 0 Å². The van der Waals surface area contributed by atoms with E-state index in [1.165, 1.54) is 6.47 Å². The summed E-state index contributed by atoms with van der Waals surface area (Å²) in [6.07, 6.45) is -0.183. The van der Waals surface area contributed by atoms with Crippen molar-refractivity contribution in [3.63, 3.8) is 0 Å². The van der Waals surface area contributed by atoms with Crippen molar-refractivity contribution in [2.45, 2.75) is 13.0 Å². The van der Waals surface area contributed by atoms with Gasteiger partial charge >= 0.3 is 6.47 Å². The minimum absolute atomic E-state index is 0.183. The molecule has 1 atom stereocenters. The first-order valence-electron chi connectivity index (χ1n) is 2.33. The van der Waals surface area contributed by atoms with E-state index < -0.39 is 0 Å². The first-order valence-corrected chi connectivity index (χ1v) is 2.33. The summed E-state index contributed by atoms with van der Waals surface area (Å²) in [5.74, 6) is 0. The lowest BCUT2D eigenvalue weighted by atomic mass is 10.4. The Kier molecular flexibility index (Phi) is 4.26. The van der Waals surface area contributed by atoms with Crippen LogP contribution in [-0.4, -0.2) is 26.3 Å². The second-order valence-electron chi connectivity index (χ2n) is 1.47. The highest BCUT2D eigenvalue weighted by Crippen LogP contribution is 1.85. The normalized spacial score (nSPS) is 12.8. The molecule has 0 saturated carbocycles. The number of hydrogen-bond donors (Lipinski definition) is 0. The van der Waals surface area contributed by atoms with Gasteiger partial charge in [-0.25, -0.2) is 4.79 Å². The van der Waals surface area contributed by atoms with Crippen LogP contribution in [0.3, 0.4) is 0 Å². The van der Waals surface area contributed by atoms with Crippen molar-refractivity contribution in [1.29, 1.82) is 0 Å². The van der Waals surface area contributed by atoms with Gasteiger partial charge in [-0.3, -0.25) is 0 Å². The molecule has 0 aromatic carbocycles. The summed E-state index contributed by atoms with van der Waals surface area (Å²) in [5, 5.41) is 0. The maximum absolute atomic E-state index is 9.49. The summed E-state index contributed by atoms with van der Waals surface area (Å²) < 4.78 is 9.00. The number of rotatable bonds is 4. The van der Waals surface area contributed by atoms with Crippen molar-refractivity contribution < 1.29 is 14.3 Å². The van der Waals surface area contributed by atoms with Gasteiger partial charge in [-0.1, -0.05) is 0 Å². The highest BCUT2D eigenvalue weighted by atomic mass is 16.6. The topological polar surface area (TPSA) is 35.5 Å². The molecule has 3 heteroatoms. The number of carbonyl (C=O) groups excluding carboxylic acids is 1. The maximum atomic E-state index is 9.49. The van der Waals surface area contributed by atoms with E-state index >= 15 is 0 Å². The molecule has 47 valence electrons. The van der Waals surface area contributed by atoms with Gasteiger partial charge in [0.15, 0.2) is 0 Å². The summed E-state index contributed by atoms with van der Waals surface area (Å²) in [6.45, 7) is 3.48. The van der Waals surface area contributed by atoms with Crippen LogP contribution >= 0.6 is 0 Å². The standard InChI is InChI=1S/C5H9O3/c1-5(3-7-2)8-4-6/h5H,3H2,1-2H3/t5-/m1/s1. The molecule has 0 N–H and O–H groups in total. The number of ether oxygens (including phenoxy) is 2. The molecular formula is C5H9O3. The molecule has 0 aliphatic carbocycles. The molecule has 0 unspecified atom stereocenters. The van der Waals surface area contributed by atoms with E-state index in [1.807, 2.05) is 0 Å². The summed E-state index contributed by atoms with van der Waals surface area (Å²) >= 11 is 0. The van der Waals surface area contributed by atoms with Crippen LogP contribution in [0.5, 0.6) is 0 Å². The third kappa shape index (κ3) is 3.61. The summed E-state index contributed by atoms with van der Waals surface area (Å²) in [5.41, 5.74) is 0. The SMILES string of the molecule is COC[C@@H](C)O[C]=O. The summed E-state index contributed by atoms with van der Waals surface area (Å²) in [6, 6.07) is 0. The Balaban J connectivity index is 3.03. The van der Waals surface area contributed by atoms with Crippen LogP contribution in [0.4, 0.5) is 0 Å².